The Bertz CT molecular complexity index is 188. The summed E-state index contributed by atoms with van der Waals surface area (Å²) < 4.78 is 5.29. The maximum atomic E-state index is 11.7. The Morgan fingerprint density at radius 1 is 1.71 bits per heavy atom. The van der Waals surface area contributed by atoms with Gasteiger partial charge in [0.1, 0.15) is 6.10 Å². The number of likely N-dealkylation sites (N-methyl/N-ethyl adjacent to an activating group) is 1. The Kier molecular flexibility index (Phi) is 4.35. The van der Waals surface area contributed by atoms with Gasteiger partial charge in [-0.25, -0.2) is 0 Å². The SMILES string of the molecule is CC(O)CCN(C)C(=O)C1CCCO1. The normalized spacial score (nSPS) is 23.5. The molecule has 2 unspecified atom stereocenters. The first kappa shape index (κ1) is 11.5. The molecular weight excluding hydrogens is 182 g/mol. The van der Waals surface area contributed by atoms with E-state index in [2.05, 4.69) is 0 Å². The van der Waals surface area contributed by atoms with Crippen molar-refractivity contribution in [2.45, 2.75) is 38.4 Å². The molecule has 2 atom stereocenters. The lowest BCUT2D eigenvalue weighted by molar-refractivity contribution is -0.139. The fourth-order valence-electron chi connectivity index (χ4n) is 1.51. The van der Waals surface area contributed by atoms with E-state index in [1.54, 1.807) is 18.9 Å². The molecule has 1 aliphatic rings. The van der Waals surface area contributed by atoms with Crippen LogP contribution >= 0.6 is 0 Å². The minimum atomic E-state index is -0.352. The highest BCUT2D eigenvalue weighted by atomic mass is 16.5. The van der Waals surface area contributed by atoms with Crippen LogP contribution in [0, 0.1) is 0 Å². The Labute approximate surface area is 84.8 Å². The maximum absolute atomic E-state index is 11.7. The summed E-state index contributed by atoms with van der Waals surface area (Å²) in [5, 5.41) is 9.08. The second-order valence-corrected chi connectivity index (χ2v) is 3.90. The van der Waals surface area contributed by atoms with E-state index >= 15 is 0 Å². The molecule has 0 aliphatic carbocycles. The Hall–Kier alpha value is -0.610. The molecule has 1 rings (SSSR count). The summed E-state index contributed by atoms with van der Waals surface area (Å²) in [5.74, 6) is 0.0446. The number of rotatable bonds is 4. The summed E-state index contributed by atoms with van der Waals surface area (Å²) in [6, 6.07) is 0. The largest absolute Gasteiger partial charge is 0.393 e. The lowest BCUT2D eigenvalue weighted by Crippen LogP contribution is -2.37. The van der Waals surface area contributed by atoms with Gasteiger partial charge in [-0.2, -0.15) is 0 Å². The zero-order valence-corrected chi connectivity index (χ0v) is 8.90. The highest BCUT2D eigenvalue weighted by Crippen LogP contribution is 2.14. The molecular formula is C10H19NO3. The van der Waals surface area contributed by atoms with Gasteiger partial charge in [0.2, 0.25) is 0 Å². The van der Waals surface area contributed by atoms with Gasteiger partial charge >= 0.3 is 0 Å². The van der Waals surface area contributed by atoms with Crippen molar-refractivity contribution in [1.29, 1.82) is 0 Å². The fraction of sp³-hybridized carbons (Fsp3) is 0.900. The van der Waals surface area contributed by atoms with E-state index in [1.807, 2.05) is 0 Å². The third-order valence-corrected chi connectivity index (χ3v) is 2.46. The first-order chi connectivity index (χ1) is 6.61. The number of nitrogens with zero attached hydrogens (tertiary/aromatic N) is 1. The summed E-state index contributed by atoms with van der Waals surface area (Å²) in [6.07, 6.45) is 1.83. The first-order valence-corrected chi connectivity index (χ1v) is 5.16. The third kappa shape index (κ3) is 3.27. The Morgan fingerprint density at radius 2 is 2.43 bits per heavy atom. The summed E-state index contributed by atoms with van der Waals surface area (Å²) in [5.41, 5.74) is 0. The van der Waals surface area contributed by atoms with Crippen LogP contribution in [0.1, 0.15) is 26.2 Å². The number of ether oxygens (including phenoxy) is 1. The number of carbonyl (C=O) groups excluding carboxylic acids is 1. The van der Waals surface area contributed by atoms with Crippen molar-refractivity contribution >= 4 is 5.91 Å². The molecule has 4 nitrogen and oxygen atoms in total. The van der Waals surface area contributed by atoms with Gasteiger partial charge in [0.25, 0.3) is 5.91 Å². The van der Waals surface area contributed by atoms with Gasteiger partial charge in [0.15, 0.2) is 0 Å². The van der Waals surface area contributed by atoms with Crippen molar-refractivity contribution in [3.63, 3.8) is 0 Å². The molecule has 0 aromatic rings. The molecule has 0 saturated carbocycles. The van der Waals surface area contributed by atoms with E-state index in [1.165, 1.54) is 0 Å². The zero-order chi connectivity index (χ0) is 10.6. The summed E-state index contributed by atoms with van der Waals surface area (Å²) in [6.45, 7) is 3.02. The van der Waals surface area contributed by atoms with Gasteiger partial charge in [0.05, 0.1) is 6.10 Å². The second-order valence-electron chi connectivity index (χ2n) is 3.90. The molecule has 1 aliphatic heterocycles. The van der Waals surface area contributed by atoms with Crippen LogP contribution in [0.4, 0.5) is 0 Å². The number of aliphatic hydroxyl groups excluding tert-OH is 1. The topological polar surface area (TPSA) is 49.8 Å². The Morgan fingerprint density at radius 3 is 2.93 bits per heavy atom. The molecule has 4 heteroatoms. The first-order valence-electron chi connectivity index (χ1n) is 5.16. The smallest absolute Gasteiger partial charge is 0.251 e. The Balaban J connectivity index is 2.28. The lowest BCUT2D eigenvalue weighted by atomic mass is 10.2. The minimum Gasteiger partial charge on any atom is -0.393 e. The summed E-state index contributed by atoms with van der Waals surface area (Å²) >= 11 is 0. The van der Waals surface area contributed by atoms with Crippen molar-refractivity contribution < 1.29 is 14.6 Å². The van der Waals surface area contributed by atoms with E-state index in [0.29, 0.717) is 19.6 Å². The molecule has 82 valence electrons. The zero-order valence-electron chi connectivity index (χ0n) is 8.90. The highest BCUT2D eigenvalue weighted by molar-refractivity contribution is 5.80. The van der Waals surface area contributed by atoms with Crippen molar-refractivity contribution in [3.05, 3.63) is 0 Å². The summed E-state index contributed by atoms with van der Waals surface area (Å²) in [7, 11) is 1.76. The predicted octanol–water partition coefficient (Wildman–Crippen LogP) is 0.395. The van der Waals surface area contributed by atoms with E-state index in [9.17, 15) is 4.79 Å². The average Bonchev–Trinajstić information content (AvgIpc) is 2.65. The standard InChI is InChI=1S/C10H19NO3/c1-8(12)5-6-11(2)10(13)9-4-3-7-14-9/h8-9,12H,3-7H2,1-2H3. The number of hydrogen-bond acceptors (Lipinski definition) is 3. The van der Waals surface area contributed by atoms with Gasteiger partial charge in [-0.1, -0.05) is 0 Å². The van der Waals surface area contributed by atoms with E-state index in [0.717, 1.165) is 12.8 Å². The number of hydrogen-bond donors (Lipinski definition) is 1. The monoisotopic (exact) mass is 201 g/mol. The van der Waals surface area contributed by atoms with Crippen molar-refractivity contribution in [2.75, 3.05) is 20.2 Å². The quantitative estimate of drug-likeness (QED) is 0.716. The number of carbonyl (C=O) groups is 1. The molecule has 1 fully saturated rings. The molecule has 0 aromatic carbocycles. The average molecular weight is 201 g/mol. The van der Waals surface area contributed by atoms with Crippen LogP contribution in [0.5, 0.6) is 0 Å². The minimum absolute atomic E-state index is 0.0446. The molecule has 0 spiro atoms. The van der Waals surface area contributed by atoms with Gasteiger partial charge in [-0.3, -0.25) is 4.79 Å². The van der Waals surface area contributed by atoms with Crippen LogP contribution in [-0.2, 0) is 9.53 Å². The van der Waals surface area contributed by atoms with Crippen LogP contribution in [0.25, 0.3) is 0 Å². The van der Waals surface area contributed by atoms with Gasteiger partial charge in [0, 0.05) is 20.2 Å². The van der Waals surface area contributed by atoms with E-state index < -0.39 is 0 Å². The van der Waals surface area contributed by atoms with Crippen LogP contribution < -0.4 is 0 Å². The molecule has 1 N–H and O–H groups in total. The molecule has 14 heavy (non-hydrogen) atoms. The van der Waals surface area contributed by atoms with Gasteiger partial charge < -0.3 is 14.7 Å². The molecule has 0 aromatic heterocycles. The fourth-order valence-corrected chi connectivity index (χ4v) is 1.51. The lowest BCUT2D eigenvalue weighted by Gasteiger charge is -2.21. The molecule has 1 saturated heterocycles. The maximum Gasteiger partial charge on any atom is 0.251 e. The van der Waals surface area contributed by atoms with Crippen molar-refractivity contribution in [1.82, 2.24) is 4.90 Å². The summed E-state index contributed by atoms with van der Waals surface area (Å²) in [4.78, 5) is 13.3. The highest BCUT2D eigenvalue weighted by Gasteiger charge is 2.26. The third-order valence-electron chi connectivity index (χ3n) is 2.46. The van der Waals surface area contributed by atoms with Crippen LogP contribution in [0.15, 0.2) is 0 Å². The van der Waals surface area contributed by atoms with Crippen LogP contribution in [0.3, 0.4) is 0 Å². The molecule has 1 amide bonds. The molecule has 0 bridgehead atoms. The van der Waals surface area contributed by atoms with E-state index in [-0.39, 0.29) is 18.1 Å². The van der Waals surface area contributed by atoms with Gasteiger partial charge in [-0.15, -0.1) is 0 Å². The number of aliphatic hydroxyl groups is 1. The predicted molar refractivity (Wildman–Crippen MR) is 52.9 cm³/mol. The van der Waals surface area contributed by atoms with Crippen LogP contribution in [0.2, 0.25) is 0 Å². The number of amides is 1. The van der Waals surface area contributed by atoms with Gasteiger partial charge in [-0.05, 0) is 26.2 Å². The van der Waals surface area contributed by atoms with Crippen molar-refractivity contribution in [2.24, 2.45) is 0 Å². The van der Waals surface area contributed by atoms with E-state index in [4.69, 9.17) is 9.84 Å². The second kappa shape index (κ2) is 5.32. The molecule has 0 radical (unpaired) electrons. The van der Waals surface area contributed by atoms with Crippen LogP contribution in [-0.4, -0.2) is 48.3 Å². The molecule has 1 heterocycles. The van der Waals surface area contributed by atoms with Crippen molar-refractivity contribution in [3.8, 4) is 0 Å².